The van der Waals surface area contributed by atoms with E-state index in [0.29, 0.717) is 6.61 Å². The van der Waals surface area contributed by atoms with Crippen molar-refractivity contribution in [2.24, 2.45) is 0 Å². The SMILES string of the molecule is C1=COOC1.c1ccccc1. The Balaban J connectivity index is 0.000000112. The number of hydrogen-bond donors (Lipinski definition) is 0. The molecule has 1 heterocycles. The lowest BCUT2D eigenvalue weighted by molar-refractivity contribution is -0.221. The molecule has 0 saturated heterocycles. The maximum absolute atomic E-state index is 4.33. The molecule has 1 aliphatic rings. The van der Waals surface area contributed by atoms with Crippen molar-refractivity contribution in [3.8, 4) is 0 Å². The zero-order valence-electron chi connectivity index (χ0n) is 6.14. The predicted octanol–water partition coefficient (Wildman–Crippen LogP) is 2.15. The molecule has 58 valence electrons. The van der Waals surface area contributed by atoms with Crippen molar-refractivity contribution in [1.82, 2.24) is 0 Å². The third-order valence-corrected chi connectivity index (χ3v) is 1.05. The van der Waals surface area contributed by atoms with Crippen molar-refractivity contribution in [2.75, 3.05) is 6.61 Å². The van der Waals surface area contributed by atoms with Gasteiger partial charge in [-0.15, -0.1) is 0 Å². The van der Waals surface area contributed by atoms with Crippen LogP contribution in [0.3, 0.4) is 0 Å². The Labute approximate surface area is 66.0 Å². The van der Waals surface area contributed by atoms with Crippen molar-refractivity contribution >= 4 is 0 Å². The number of benzene rings is 1. The molecule has 0 saturated carbocycles. The van der Waals surface area contributed by atoms with Crippen LogP contribution >= 0.6 is 0 Å². The van der Waals surface area contributed by atoms with Gasteiger partial charge in [0.2, 0.25) is 0 Å². The summed E-state index contributed by atoms with van der Waals surface area (Å²) in [7, 11) is 0. The summed E-state index contributed by atoms with van der Waals surface area (Å²) in [5, 5.41) is 0. The minimum atomic E-state index is 0.597. The number of rotatable bonds is 0. The highest BCUT2D eigenvalue weighted by Gasteiger charge is 1.84. The largest absolute Gasteiger partial charge is 0.345 e. The molecule has 0 radical (unpaired) electrons. The Bertz CT molecular complexity index is 161. The zero-order valence-corrected chi connectivity index (χ0v) is 6.14. The van der Waals surface area contributed by atoms with Gasteiger partial charge in [0.25, 0.3) is 0 Å². The van der Waals surface area contributed by atoms with Gasteiger partial charge in [-0.3, -0.25) is 0 Å². The van der Waals surface area contributed by atoms with Crippen molar-refractivity contribution in [3.63, 3.8) is 0 Å². The zero-order chi connectivity index (χ0) is 7.78. The van der Waals surface area contributed by atoms with E-state index in [-0.39, 0.29) is 0 Å². The molecule has 2 nitrogen and oxygen atoms in total. The lowest BCUT2D eigenvalue weighted by Gasteiger charge is -1.80. The molecule has 0 atom stereocenters. The Morgan fingerprint density at radius 2 is 1.36 bits per heavy atom. The van der Waals surface area contributed by atoms with Crippen LogP contribution in [0.25, 0.3) is 0 Å². The van der Waals surface area contributed by atoms with E-state index >= 15 is 0 Å². The minimum Gasteiger partial charge on any atom is -0.345 e. The van der Waals surface area contributed by atoms with Gasteiger partial charge in [0.1, 0.15) is 12.9 Å². The van der Waals surface area contributed by atoms with Crippen molar-refractivity contribution < 1.29 is 9.78 Å². The number of hydrogen-bond acceptors (Lipinski definition) is 2. The maximum atomic E-state index is 4.33. The highest BCUT2D eigenvalue weighted by molar-refractivity contribution is 4.99. The fourth-order valence-electron chi connectivity index (χ4n) is 0.581. The molecule has 1 aromatic rings. The Hall–Kier alpha value is -1.28. The maximum Gasteiger partial charge on any atom is 0.128 e. The van der Waals surface area contributed by atoms with E-state index in [1.165, 1.54) is 6.26 Å². The average molecular weight is 150 g/mol. The molecule has 0 amide bonds. The predicted molar refractivity (Wildman–Crippen MR) is 42.6 cm³/mol. The van der Waals surface area contributed by atoms with Crippen molar-refractivity contribution in [3.05, 3.63) is 48.7 Å². The summed E-state index contributed by atoms with van der Waals surface area (Å²) in [5.41, 5.74) is 0. The third kappa shape index (κ3) is 4.17. The van der Waals surface area contributed by atoms with Gasteiger partial charge >= 0.3 is 0 Å². The summed E-state index contributed by atoms with van der Waals surface area (Å²) >= 11 is 0. The molecule has 0 spiro atoms. The quantitative estimate of drug-likeness (QED) is 0.527. The average Bonchev–Trinajstić information content (AvgIpc) is 2.64. The van der Waals surface area contributed by atoms with Gasteiger partial charge < -0.3 is 4.89 Å². The fourth-order valence-corrected chi connectivity index (χ4v) is 0.581. The molecule has 0 aliphatic carbocycles. The highest BCUT2D eigenvalue weighted by atomic mass is 17.2. The van der Waals surface area contributed by atoms with Gasteiger partial charge in [-0.05, 0) is 6.08 Å². The Morgan fingerprint density at radius 3 is 1.55 bits per heavy atom. The standard InChI is InChI=1S/C6H6.C3H4O2/c1-2-4-6-5-3-1;1-2-4-5-3-1/h1-6H;1-2H,3H2. The minimum absolute atomic E-state index is 0.597. The topological polar surface area (TPSA) is 18.5 Å². The lowest BCUT2D eigenvalue weighted by atomic mass is 10.4. The second-order valence-corrected chi connectivity index (χ2v) is 1.91. The van der Waals surface area contributed by atoms with E-state index in [4.69, 9.17) is 0 Å². The van der Waals surface area contributed by atoms with E-state index in [1.54, 1.807) is 6.08 Å². The van der Waals surface area contributed by atoms with Crippen LogP contribution in [0.1, 0.15) is 0 Å². The van der Waals surface area contributed by atoms with Crippen LogP contribution in [-0.2, 0) is 9.78 Å². The lowest BCUT2D eigenvalue weighted by Crippen LogP contribution is -1.73. The van der Waals surface area contributed by atoms with Gasteiger partial charge in [-0.2, -0.15) is 4.89 Å². The van der Waals surface area contributed by atoms with Crippen molar-refractivity contribution in [1.29, 1.82) is 0 Å². The molecule has 1 aromatic carbocycles. The first-order chi connectivity index (χ1) is 5.50. The van der Waals surface area contributed by atoms with E-state index in [0.717, 1.165) is 0 Å². The summed E-state index contributed by atoms with van der Waals surface area (Å²) in [5.74, 6) is 0. The summed E-state index contributed by atoms with van der Waals surface area (Å²) in [6.45, 7) is 0.597. The first kappa shape index (κ1) is 7.82. The van der Waals surface area contributed by atoms with Gasteiger partial charge in [0, 0.05) is 0 Å². The van der Waals surface area contributed by atoms with Crippen LogP contribution in [-0.4, -0.2) is 6.61 Å². The third-order valence-electron chi connectivity index (χ3n) is 1.05. The van der Waals surface area contributed by atoms with Gasteiger partial charge in [0.05, 0.1) is 0 Å². The Kier molecular flexibility index (Phi) is 3.91. The molecule has 0 unspecified atom stereocenters. The smallest absolute Gasteiger partial charge is 0.128 e. The monoisotopic (exact) mass is 150 g/mol. The molecule has 0 aromatic heterocycles. The Morgan fingerprint density at radius 1 is 0.818 bits per heavy atom. The molecule has 0 bridgehead atoms. The first-order valence-corrected chi connectivity index (χ1v) is 3.43. The first-order valence-electron chi connectivity index (χ1n) is 3.43. The molecule has 1 aliphatic heterocycles. The molecular formula is C9H10O2. The van der Waals surface area contributed by atoms with E-state index < -0.39 is 0 Å². The summed E-state index contributed by atoms with van der Waals surface area (Å²) in [6.07, 6.45) is 3.31. The second-order valence-electron chi connectivity index (χ2n) is 1.91. The van der Waals surface area contributed by atoms with E-state index in [1.807, 2.05) is 36.4 Å². The fraction of sp³-hybridized carbons (Fsp3) is 0.111. The summed E-state index contributed by atoms with van der Waals surface area (Å²) < 4.78 is 0. The molecule has 0 fully saturated rings. The highest BCUT2D eigenvalue weighted by Crippen LogP contribution is 1.88. The van der Waals surface area contributed by atoms with Crippen LogP contribution in [0, 0.1) is 0 Å². The van der Waals surface area contributed by atoms with E-state index in [2.05, 4.69) is 9.78 Å². The molecular weight excluding hydrogens is 140 g/mol. The second kappa shape index (κ2) is 5.50. The molecule has 11 heavy (non-hydrogen) atoms. The van der Waals surface area contributed by atoms with Crippen LogP contribution < -0.4 is 0 Å². The molecule has 2 heteroatoms. The normalized spacial score (nSPS) is 13.1. The molecule has 0 N–H and O–H groups in total. The van der Waals surface area contributed by atoms with Crippen LogP contribution in [0.15, 0.2) is 48.7 Å². The van der Waals surface area contributed by atoms with Gasteiger partial charge in [0.15, 0.2) is 0 Å². The summed E-state index contributed by atoms with van der Waals surface area (Å²) in [4.78, 5) is 8.60. The van der Waals surface area contributed by atoms with Gasteiger partial charge in [-0.1, -0.05) is 36.4 Å². The van der Waals surface area contributed by atoms with Crippen LogP contribution in [0.5, 0.6) is 0 Å². The van der Waals surface area contributed by atoms with Crippen LogP contribution in [0.2, 0.25) is 0 Å². The van der Waals surface area contributed by atoms with E-state index in [9.17, 15) is 0 Å². The van der Waals surface area contributed by atoms with Crippen LogP contribution in [0.4, 0.5) is 0 Å². The summed E-state index contributed by atoms with van der Waals surface area (Å²) in [6, 6.07) is 12.0. The van der Waals surface area contributed by atoms with Crippen molar-refractivity contribution in [2.45, 2.75) is 0 Å². The van der Waals surface area contributed by atoms with Gasteiger partial charge in [-0.25, -0.2) is 0 Å². The molecule has 2 rings (SSSR count).